The van der Waals surface area contributed by atoms with Crippen molar-refractivity contribution in [2.24, 2.45) is 17.8 Å². The number of nitrogen functional groups attached to an aromatic ring is 1. The molecule has 2 heteroatoms. The van der Waals surface area contributed by atoms with Gasteiger partial charge in [0.1, 0.15) is 0 Å². The van der Waals surface area contributed by atoms with Crippen molar-refractivity contribution in [3.63, 3.8) is 0 Å². The van der Waals surface area contributed by atoms with E-state index in [0.29, 0.717) is 5.41 Å². The largest absolute Gasteiger partial charge is 0.397 e. The van der Waals surface area contributed by atoms with Gasteiger partial charge in [0.15, 0.2) is 0 Å². The Morgan fingerprint density at radius 1 is 1.06 bits per heavy atom. The van der Waals surface area contributed by atoms with Crippen LogP contribution in [0.15, 0.2) is 12.1 Å². The van der Waals surface area contributed by atoms with Gasteiger partial charge in [0.2, 0.25) is 0 Å². The summed E-state index contributed by atoms with van der Waals surface area (Å²) < 4.78 is 0. The molecule has 0 radical (unpaired) electrons. The van der Waals surface area contributed by atoms with Crippen molar-refractivity contribution >= 4 is 5.69 Å². The summed E-state index contributed by atoms with van der Waals surface area (Å²) in [5.74, 6) is 2.95. The lowest BCUT2D eigenvalue weighted by Gasteiger charge is -2.56. The van der Waals surface area contributed by atoms with Crippen LogP contribution in [0.1, 0.15) is 49.9 Å². The van der Waals surface area contributed by atoms with Crippen LogP contribution in [0.4, 0.5) is 5.69 Å². The van der Waals surface area contributed by atoms with Gasteiger partial charge < -0.3 is 5.73 Å². The Bertz CT molecular complexity index is 457. The highest BCUT2D eigenvalue weighted by molar-refractivity contribution is 5.43. The second kappa shape index (κ2) is 3.49. The summed E-state index contributed by atoms with van der Waals surface area (Å²) in [6.07, 6.45) is 8.63. The lowest BCUT2D eigenvalue weighted by atomic mass is 9.49. The summed E-state index contributed by atoms with van der Waals surface area (Å²) in [5.41, 5.74) is 9.52. The molecule has 4 saturated carbocycles. The Morgan fingerprint density at radius 3 is 2.11 bits per heavy atom. The molecule has 1 aromatic rings. The molecule has 4 bridgehead atoms. The fourth-order valence-electron chi connectivity index (χ4n) is 5.29. The average Bonchev–Trinajstić information content (AvgIpc) is 2.31. The van der Waals surface area contributed by atoms with Gasteiger partial charge in [-0.3, -0.25) is 4.98 Å². The van der Waals surface area contributed by atoms with E-state index >= 15 is 0 Å². The monoisotopic (exact) mass is 242 g/mol. The van der Waals surface area contributed by atoms with Crippen molar-refractivity contribution in [2.45, 2.75) is 50.9 Å². The van der Waals surface area contributed by atoms with Crippen LogP contribution in [0.5, 0.6) is 0 Å². The van der Waals surface area contributed by atoms with Crippen LogP contribution < -0.4 is 5.73 Å². The fourth-order valence-corrected chi connectivity index (χ4v) is 5.29. The van der Waals surface area contributed by atoms with E-state index in [4.69, 9.17) is 10.7 Å². The molecule has 1 heterocycles. The molecule has 4 fully saturated rings. The van der Waals surface area contributed by atoms with Gasteiger partial charge in [-0.1, -0.05) is 0 Å². The average molecular weight is 242 g/mol. The molecule has 18 heavy (non-hydrogen) atoms. The molecule has 2 nitrogen and oxygen atoms in total. The summed E-state index contributed by atoms with van der Waals surface area (Å²) in [6.45, 7) is 2.04. The molecule has 0 spiro atoms. The van der Waals surface area contributed by atoms with Crippen molar-refractivity contribution in [2.75, 3.05) is 5.73 Å². The molecule has 0 amide bonds. The molecule has 4 aliphatic rings. The van der Waals surface area contributed by atoms with Gasteiger partial charge in [-0.25, -0.2) is 0 Å². The molecule has 0 aliphatic heterocycles. The predicted octanol–water partition coefficient (Wildman–Crippen LogP) is 3.44. The topological polar surface area (TPSA) is 38.9 Å². The van der Waals surface area contributed by atoms with Gasteiger partial charge in [-0.15, -0.1) is 0 Å². The third kappa shape index (κ3) is 1.44. The Hall–Kier alpha value is -1.05. The molecule has 0 saturated heterocycles. The van der Waals surface area contributed by atoms with Crippen molar-refractivity contribution < 1.29 is 0 Å². The molecule has 96 valence electrons. The Morgan fingerprint density at radius 2 is 1.61 bits per heavy atom. The number of pyridine rings is 1. The molecular formula is C16H22N2. The van der Waals surface area contributed by atoms with Crippen molar-refractivity contribution in [1.82, 2.24) is 4.98 Å². The van der Waals surface area contributed by atoms with E-state index in [1.54, 1.807) is 0 Å². The second-order valence-corrected chi connectivity index (χ2v) is 7.07. The summed E-state index contributed by atoms with van der Waals surface area (Å²) in [5, 5.41) is 0. The fraction of sp³-hybridized carbons (Fsp3) is 0.688. The van der Waals surface area contributed by atoms with Crippen LogP contribution in [0.2, 0.25) is 0 Å². The molecule has 4 aliphatic carbocycles. The molecule has 0 atom stereocenters. The molecular weight excluding hydrogens is 220 g/mol. The van der Waals surface area contributed by atoms with E-state index in [2.05, 4.69) is 12.1 Å². The van der Waals surface area contributed by atoms with Crippen LogP contribution in [0.25, 0.3) is 0 Å². The number of aromatic nitrogens is 1. The van der Waals surface area contributed by atoms with Crippen LogP contribution in [0.3, 0.4) is 0 Å². The quantitative estimate of drug-likeness (QED) is 0.819. The Balaban J connectivity index is 1.76. The highest BCUT2D eigenvalue weighted by Crippen LogP contribution is 2.60. The summed E-state index contributed by atoms with van der Waals surface area (Å²) in [7, 11) is 0. The highest BCUT2D eigenvalue weighted by Gasteiger charge is 2.52. The standard InChI is InChI=1S/C16H22N2/c1-10-14(17)2-3-15(18-10)16-7-11-4-12(8-16)6-13(5-11)9-16/h2-3,11-13H,4-9,17H2,1H3. The van der Waals surface area contributed by atoms with Gasteiger partial charge in [0.05, 0.1) is 11.4 Å². The number of nitrogens with two attached hydrogens (primary N) is 1. The van der Waals surface area contributed by atoms with E-state index in [1.165, 1.54) is 44.2 Å². The lowest BCUT2D eigenvalue weighted by Crippen LogP contribution is -2.49. The second-order valence-electron chi connectivity index (χ2n) is 7.07. The van der Waals surface area contributed by atoms with Gasteiger partial charge >= 0.3 is 0 Å². The van der Waals surface area contributed by atoms with E-state index in [9.17, 15) is 0 Å². The van der Waals surface area contributed by atoms with Crippen molar-refractivity contribution in [3.8, 4) is 0 Å². The van der Waals surface area contributed by atoms with E-state index < -0.39 is 0 Å². The van der Waals surface area contributed by atoms with Crippen molar-refractivity contribution in [3.05, 3.63) is 23.5 Å². The first-order valence-electron chi connectivity index (χ1n) is 7.38. The minimum atomic E-state index is 0.410. The highest BCUT2D eigenvalue weighted by atomic mass is 14.8. The SMILES string of the molecule is Cc1nc(C23CC4CC(CC(C4)C2)C3)ccc1N. The molecule has 0 aromatic carbocycles. The third-order valence-corrected chi connectivity index (χ3v) is 5.71. The number of nitrogens with zero attached hydrogens (tertiary/aromatic N) is 1. The number of hydrogen-bond acceptors (Lipinski definition) is 2. The van der Waals surface area contributed by atoms with Gasteiger partial charge in [0, 0.05) is 11.1 Å². The smallest absolute Gasteiger partial charge is 0.0605 e. The van der Waals surface area contributed by atoms with Gasteiger partial charge in [-0.2, -0.15) is 0 Å². The first-order chi connectivity index (χ1) is 8.64. The first kappa shape index (κ1) is 10.8. The molecule has 1 aromatic heterocycles. The van der Waals surface area contributed by atoms with Crippen LogP contribution in [0, 0.1) is 24.7 Å². The van der Waals surface area contributed by atoms with Crippen LogP contribution in [-0.2, 0) is 5.41 Å². The number of rotatable bonds is 1. The van der Waals surface area contributed by atoms with E-state index in [1.807, 2.05) is 6.92 Å². The number of hydrogen-bond donors (Lipinski definition) is 1. The van der Waals surface area contributed by atoms with E-state index in [-0.39, 0.29) is 0 Å². The normalized spacial score (nSPS) is 41.3. The zero-order valence-corrected chi connectivity index (χ0v) is 11.2. The zero-order chi connectivity index (χ0) is 12.3. The number of anilines is 1. The Kier molecular flexibility index (Phi) is 2.10. The lowest BCUT2D eigenvalue weighted by molar-refractivity contribution is -0.00724. The molecule has 0 unspecified atom stereocenters. The maximum Gasteiger partial charge on any atom is 0.0605 e. The predicted molar refractivity (Wildman–Crippen MR) is 73.2 cm³/mol. The molecule has 2 N–H and O–H groups in total. The van der Waals surface area contributed by atoms with Gasteiger partial charge in [-0.05, 0) is 75.3 Å². The zero-order valence-electron chi connectivity index (χ0n) is 11.2. The van der Waals surface area contributed by atoms with E-state index in [0.717, 1.165) is 29.1 Å². The maximum atomic E-state index is 5.92. The third-order valence-electron chi connectivity index (χ3n) is 5.71. The Labute approximate surface area is 109 Å². The summed E-state index contributed by atoms with van der Waals surface area (Å²) in [6, 6.07) is 4.27. The first-order valence-corrected chi connectivity index (χ1v) is 7.38. The van der Waals surface area contributed by atoms with Gasteiger partial charge in [0.25, 0.3) is 0 Å². The minimum absolute atomic E-state index is 0.410. The van der Waals surface area contributed by atoms with Crippen LogP contribution in [-0.4, -0.2) is 4.98 Å². The number of aryl methyl sites for hydroxylation is 1. The maximum absolute atomic E-state index is 5.92. The van der Waals surface area contributed by atoms with Crippen LogP contribution >= 0.6 is 0 Å². The summed E-state index contributed by atoms with van der Waals surface area (Å²) >= 11 is 0. The molecule has 5 rings (SSSR count). The summed E-state index contributed by atoms with van der Waals surface area (Å²) in [4.78, 5) is 4.84. The van der Waals surface area contributed by atoms with Crippen molar-refractivity contribution in [1.29, 1.82) is 0 Å². The minimum Gasteiger partial charge on any atom is -0.397 e.